The molecule has 0 spiro atoms. The van der Waals surface area contributed by atoms with E-state index in [1.54, 1.807) is 12.3 Å². The molecule has 0 aliphatic carbocycles. The maximum absolute atomic E-state index is 10.1. The molecule has 1 atom stereocenters. The molecular formula is C13H14BrClN2O. The zero-order valence-corrected chi connectivity index (χ0v) is 12.3. The van der Waals surface area contributed by atoms with E-state index in [0.29, 0.717) is 11.4 Å². The van der Waals surface area contributed by atoms with E-state index in [2.05, 4.69) is 20.9 Å². The van der Waals surface area contributed by atoms with Crippen LogP contribution in [0.25, 0.3) is 0 Å². The predicted molar refractivity (Wildman–Crippen MR) is 75.6 cm³/mol. The fourth-order valence-corrected chi connectivity index (χ4v) is 2.63. The molecule has 2 rings (SSSR count). The number of aryl methyl sites for hydroxylation is 2. The molecule has 0 amide bonds. The molecule has 1 N–H and O–H groups in total. The number of aromatic nitrogens is 2. The van der Waals surface area contributed by atoms with Crippen LogP contribution in [0.3, 0.4) is 0 Å². The van der Waals surface area contributed by atoms with Crippen molar-refractivity contribution >= 4 is 27.5 Å². The number of benzene rings is 1. The fourth-order valence-electron chi connectivity index (χ4n) is 1.83. The van der Waals surface area contributed by atoms with Crippen LogP contribution in [0.5, 0.6) is 0 Å². The maximum Gasteiger partial charge on any atom is 0.108 e. The van der Waals surface area contributed by atoms with Crippen LogP contribution in [0, 0.1) is 0 Å². The topological polar surface area (TPSA) is 38.0 Å². The van der Waals surface area contributed by atoms with Gasteiger partial charge in [0.1, 0.15) is 5.82 Å². The highest BCUT2D eigenvalue weighted by molar-refractivity contribution is 9.10. The van der Waals surface area contributed by atoms with Crippen molar-refractivity contribution in [2.24, 2.45) is 7.05 Å². The zero-order valence-electron chi connectivity index (χ0n) is 9.98. The van der Waals surface area contributed by atoms with Crippen LogP contribution in [0.1, 0.15) is 23.9 Å². The summed E-state index contributed by atoms with van der Waals surface area (Å²) in [6.07, 6.45) is 4.41. The van der Waals surface area contributed by atoms with Gasteiger partial charge in [0.15, 0.2) is 0 Å². The van der Waals surface area contributed by atoms with Gasteiger partial charge in [-0.1, -0.05) is 33.6 Å². The Hall–Kier alpha value is -0.840. The Morgan fingerprint density at radius 2 is 2.28 bits per heavy atom. The quantitative estimate of drug-likeness (QED) is 0.932. The van der Waals surface area contributed by atoms with Crippen LogP contribution < -0.4 is 0 Å². The largest absolute Gasteiger partial charge is 0.388 e. The van der Waals surface area contributed by atoms with Gasteiger partial charge in [0.05, 0.1) is 6.10 Å². The molecule has 0 saturated carbocycles. The second-order valence-electron chi connectivity index (χ2n) is 4.17. The van der Waals surface area contributed by atoms with Crippen LogP contribution in [0.4, 0.5) is 0 Å². The molecular weight excluding hydrogens is 316 g/mol. The van der Waals surface area contributed by atoms with Gasteiger partial charge in [0, 0.05) is 35.4 Å². The molecule has 3 nitrogen and oxygen atoms in total. The third-order valence-electron chi connectivity index (χ3n) is 2.88. The first-order valence-corrected chi connectivity index (χ1v) is 6.84. The van der Waals surface area contributed by atoms with Gasteiger partial charge in [0.2, 0.25) is 0 Å². The van der Waals surface area contributed by atoms with Gasteiger partial charge in [-0.15, -0.1) is 0 Å². The molecule has 1 unspecified atom stereocenters. The minimum atomic E-state index is -0.567. The van der Waals surface area contributed by atoms with Crippen LogP contribution in [-0.4, -0.2) is 14.7 Å². The highest BCUT2D eigenvalue weighted by Gasteiger charge is 2.13. The summed E-state index contributed by atoms with van der Waals surface area (Å²) in [5, 5.41) is 10.7. The molecule has 0 bridgehead atoms. The van der Waals surface area contributed by atoms with E-state index in [9.17, 15) is 5.11 Å². The van der Waals surface area contributed by atoms with Crippen LogP contribution in [0.15, 0.2) is 35.1 Å². The van der Waals surface area contributed by atoms with Gasteiger partial charge in [-0.25, -0.2) is 4.98 Å². The fraction of sp³-hybridized carbons (Fsp3) is 0.308. The van der Waals surface area contributed by atoms with Crippen LogP contribution in [-0.2, 0) is 13.5 Å². The van der Waals surface area contributed by atoms with E-state index < -0.39 is 6.10 Å². The first-order valence-electron chi connectivity index (χ1n) is 5.67. The average Bonchev–Trinajstić information content (AvgIpc) is 2.72. The van der Waals surface area contributed by atoms with E-state index in [1.165, 1.54) is 0 Å². The molecule has 96 valence electrons. The normalized spacial score (nSPS) is 12.7. The second kappa shape index (κ2) is 5.87. The standard InChI is InChI=1S/C13H14BrClN2O/c1-17-7-6-16-13(17)5-4-12(18)10-3-2-9(14)8-11(10)15/h2-3,6-8,12,18H,4-5H2,1H3. The van der Waals surface area contributed by atoms with E-state index in [0.717, 1.165) is 22.3 Å². The van der Waals surface area contributed by atoms with Crippen molar-refractivity contribution in [3.63, 3.8) is 0 Å². The summed E-state index contributed by atoms with van der Waals surface area (Å²) in [5.74, 6) is 0.960. The van der Waals surface area contributed by atoms with Gasteiger partial charge < -0.3 is 9.67 Å². The molecule has 5 heteroatoms. The number of aliphatic hydroxyl groups is 1. The molecule has 18 heavy (non-hydrogen) atoms. The van der Waals surface area contributed by atoms with Crippen molar-refractivity contribution in [2.75, 3.05) is 0 Å². The molecule has 0 radical (unpaired) electrons. The first-order chi connectivity index (χ1) is 8.58. The number of hydrogen-bond acceptors (Lipinski definition) is 2. The van der Waals surface area contributed by atoms with Crippen molar-refractivity contribution in [3.8, 4) is 0 Å². The number of hydrogen-bond donors (Lipinski definition) is 1. The molecule has 1 aromatic carbocycles. The Morgan fingerprint density at radius 3 is 2.89 bits per heavy atom. The van der Waals surface area contributed by atoms with Crippen molar-refractivity contribution < 1.29 is 5.11 Å². The smallest absolute Gasteiger partial charge is 0.108 e. The Labute approximate surface area is 120 Å². The van der Waals surface area contributed by atoms with E-state index in [4.69, 9.17) is 11.6 Å². The summed E-state index contributed by atoms with van der Waals surface area (Å²) in [7, 11) is 1.95. The molecule has 0 fully saturated rings. The molecule has 1 aromatic heterocycles. The molecule has 1 heterocycles. The van der Waals surface area contributed by atoms with Gasteiger partial charge >= 0.3 is 0 Å². The number of halogens is 2. The molecule has 0 aliphatic rings. The Morgan fingerprint density at radius 1 is 1.50 bits per heavy atom. The minimum absolute atomic E-state index is 0.567. The third-order valence-corrected chi connectivity index (χ3v) is 3.70. The monoisotopic (exact) mass is 328 g/mol. The maximum atomic E-state index is 10.1. The van der Waals surface area contributed by atoms with Crippen molar-refractivity contribution in [1.29, 1.82) is 0 Å². The molecule has 2 aromatic rings. The zero-order chi connectivity index (χ0) is 13.1. The Balaban J connectivity index is 2.03. The molecule has 0 aliphatic heterocycles. The van der Waals surface area contributed by atoms with Crippen molar-refractivity contribution in [3.05, 3.63) is 51.5 Å². The predicted octanol–water partition coefficient (Wildman–Crippen LogP) is 3.50. The molecule has 0 saturated heterocycles. The number of rotatable bonds is 4. The second-order valence-corrected chi connectivity index (χ2v) is 5.50. The lowest BCUT2D eigenvalue weighted by atomic mass is 10.0. The highest BCUT2D eigenvalue weighted by Crippen LogP contribution is 2.28. The van der Waals surface area contributed by atoms with Gasteiger partial charge in [0.25, 0.3) is 0 Å². The number of imidazole rings is 1. The summed E-state index contributed by atoms with van der Waals surface area (Å²) >= 11 is 9.45. The Bertz CT molecular complexity index is 542. The lowest BCUT2D eigenvalue weighted by Crippen LogP contribution is -2.04. The van der Waals surface area contributed by atoms with E-state index in [-0.39, 0.29) is 0 Å². The summed E-state index contributed by atoms with van der Waals surface area (Å²) in [4.78, 5) is 4.23. The average molecular weight is 330 g/mol. The van der Waals surface area contributed by atoms with Crippen molar-refractivity contribution in [2.45, 2.75) is 18.9 Å². The lowest BCUT2D eigenvalue weighted by molar-refractivity contribution is 0.167. The highest BCUT2D eigenvalue weighted by atomic mass is 79.9. The van der Waals surface area contributed by atoms with Gasteiger partial charge in [-0.2, -0.15) is 0 Å². The SMILES string of the molecule is Cn1ccnc1CCC(O)c1ccc(Br)cc1Cl. The van der Waals surface area contributed by atoms with Crippen LogP contribution in [0.2, 0.25) is 5.02 Å². The van der Waals surface area contributed by atoms with Crippen LogP contribution >= 0.6 is 27.5 Å². The van der Waals surface area contributed by atoms with Crippen molar-refractivity contribution in [1.82, 2.24) is 9.55 Å². The summed E-state index contributed by atoms with van der Waals surface area (Å²) in [5.41, 5.74) is 0.758. The summed E-state index contributed by atoms with van der Waals surface area (Å²) in [6.45, 7) is 0. The minimum Gasteiger partial charge on any atom is -0.388 e. The number of nitrogens with zero attached hydrogens (tertiary/aromatic N) is 2. The van der Waals surface area contributed by atoms with E-state index in [1.807, 2.05) is 29.9 Å². The summed E-state index contributed by atoms with van der Waals surface area (Å²) < 4.78 is 2.86. The lowest BCUT2D eigenvalue weighted by Gasteiger charge is -2.12. The van der Waals surface area contributed by atoms with Gasteiger partial charge in [-0.05, 0) is 24.1 Å². The number of aliphatic hydroxyl groups excluding tert-OH is 1. The third kappa shape index (κ3) is 3.13. The summed E-state index contributed by atoms with van der Waals surface area (Å²) in [6, 6.07) is 5.52. The van der Waals surface area contributed by atoms with E-state index >= 15 is 0 Å². The van der Waals surface area contributed by atoms with Gasteiger partial charge in [-0.3, -0.25) is 0 Å². The Kier molecular flexibility index (Phi) is 4.43. The first kappa shape index (κ1) is 13.6.